The van der Waals surface area contributed by atoms with Gasteiger partial charge < -0.3 is 20.1 Å². The Bertz CT molecular complexity index is 997. The molecule has 0 bridgehead atoms. The third-order valence-corrected chi connectivity index (χ3v) is 8.92. The van der Waals surface area contributed by atoms with Gasteiger partial charge >= 0.3 is 0 Å². The SMILES string of the molecule is O=C(NC1CCC(O)CC1)C1CCN(S(=O)(=O)c2cc([N+](=O)[O-])ccc2N2CCOCC2)CC1. The second kappa shape index (κ2) is 10.5. The quantitative estimate of drug-likeness (QED) is 0.443. The second-order valence-corrected chi connectivity index (χ2v) is 11.1. The normalized spacial score (nSPS) is 25.1. The highest BCUT2D eigenvalue weighted by atomic mass is 32.2. The van der Waals surface area contributed by atoms with Crippen LogP contribution < -0.4 is 10.2 Å². The highest BCUT2D eigenvalue weighted by molar-refractivity contribution is 7.89. The Morgan fingerprint density at radius 1 is 1.06 bits per heavy atom. The first-order valence-corrected chi connectivity index (χ1v) is 13.3. The minimum atomic E-state index is -3.99. The largest absolute Gasteiger partial charge is 0.393 e. The van der Waals surface area contributed by atoms with Crippen molar-refractivity contribution in [2.75, 3.05) is 44.3 Å². The van der Waals surface area contributed by atoms with Gasteiger partial charge in [-0.25, -0.2) is 8.42 Å². The van der Waals surface area contributed by atoms with E-state index < -0.39 is 14.9 Å². The monoisotopic (exact) mass is 496 g/mol. The second-order valence-electron chi connectivity index (χ2n) is 9.20. The smallest absolute Gasteiger partial charge is 0.270 e. The van der Waals surface area contributed by atoms with Crippen LogP contribution in [-0.4, -0.2) is 80.2 Å². The number of nitro benzene ring substituents is 1. The van der Waals surface area contributed by atoms with E-state index in [-0.39, 0.29) is 47.6 Å². The number of sulfonamides is 1. The van der Waals surface area contributed by atoms with Gasteiger partial charge in [0, 0.05) is 50.3 Å². The highest BCUT2D eigenvalue weighted by Gasteiger charge is 2.36. The molecule has 1 aromatic rings. The lowest BCUT2D eigenvalue weighted by Crippen LogP contribution is -2.46. The van der Waals surface area contributed by atoms with Crippen molar-refractivity contribution in [1.82, 2.24) is 9.62 Å². The zero-order valence-electron chi connectivity index (χ0n) is 19.1. The molecule has 188 valence electrons. The van der Waals surface area contributed by atoms with E-state index in [2.05, 4.69) is 5.32 Å². The van der Waals surface area contributed by atoms with Crippen molar-refractivity contribution in [3.05, 3.63) is 28.3 Å². The highest BCUT2D eigenvalue weighted by Crippen LogP contribution is 2.34. The number of rotatable bonds is 6. The number of carbonyl (C=O) groups excluding carboxylic acids is 1. The van der Waals surface area contributed by atoms with Crippen molar-refractivity contribution in [2.24, 2.45) is 5.92 Å². The molecule has 1 saturated carbocycles. The fourth-order valence-electron chi connectivity index (χ4n) is 4.93. The Kier molecular flexibility index (Phi) is 7.70. The molecule has 3 fully saturated rings. The zero-order chi connectivity index (χ0) is 24.3. The molecule has 0 aromatic heterocycles. The molecule has 1 aliphatic carbocycles. The molecule has 2 heterocycles. The molecule has 2 aliphatic heterocycles. The Hall–Kier alpha value is -2.28. The summed E-state index contributed by atoms with van der Waals surface area (Å²) < 4.78 is 33.8. The van der Waals surface area contributed by atoms with Crippen LogP contribution in [0.25, 0.3) is 0 Å². The van der Waals surface area contributed by atoms with Crippen LogP contribution in [0.2, 0.25) is 0 Å². The van der Waals surface area contributed by atoms with Gasteiger partial charge in [-0.1, -0.05) is 0 Å². The van der Waals surface area contributed by atoms with Crippen LogP contribution in [0.15, 0.2) is 23.1 Å². The summed E-state index contributed by atoms with van der Waals surface area (Å²) in [5.74, 6) is -0.343. The molecule has 12 heteroatoms. The summed E-state index contributed by atoms with van der Waals surface area (Å²) in [5.41, 5.74) is 0.163. The summed E-state index contributed by atoms with van der Waals surface area (Å²) in [6.07, 6.45) is 3.34. The van der Waals surface area contributed by atoms with E-state index in [4.69, 9.17) is 4.74 Å². The van der Waals surface area contributed by atoms with E-state index >= 15 is 0 Å². The molecule has 3 aliphatic rings. The number of nitrogens with zero attached hydrogens (tertiary/aromatic N) is 3. The van der Waals surface area contributed by atoms with Gasteiger partial charge in [0.2, 0.25) is 15.9 Å². The molecule has 0 atom stereocenters. The predicted molar refractivity (Wildman–Crippen MR) is 124 cm³/mol. The number of aliphatic hydroxyl groups excluding tert-OH is 1. The van der Waals surface area contributed by atoms with Crippen LogP contribution >= 0.6 is 0 Å². The zero-order valence-corrected chi connectivity index (χ0v) is 19.9. The Morgan fingerprint density at radius 2 is 1.71 bits per heavy atom. The van der Waals surface area contributed by atoms with Crippen LogP contribution in [0.3, 0.4) is 0 Å². The Morgan fingerprint density at radius 3 is 2.32 bits per heavy atom. The Labute approximate surface area is 199 Å². The van der Waals surface area contributed by atoms with Gasteiger partial charge in [0.1, 0.15) is 4.90 Å². The summed E-state index contributed by atoms with van der Waals surface area (Å²) >= 11 is 0. The van der Waals surface area contributed by atoms with E-state index in [0.717, 1.165) is 18.9 Å². The summed E-state index contributed by atoms with van der Waals surface area (Å²) in [6, 6.07) is 4.01. The average Bonchev–Trinajstić information content (AvgIpc) is 2.85. The van der Waals surface area contributed by atoms with Crippen molar-refractivity contribution < 1.29 is 28.0 Å². The molecule has 1 aromatic carbocycles. The first-order valence-electron chi connectivity index (χ1n) is 11.9. The third kappa shape index (κ3) is 5.51. The fourth-order valence-corrected chi connectivity index (χ4v) is 6.63. The molecule has 2 N–H and O–H groups in total. The number of ether oxygens (including phenoxy) is 1. The van der Waals surface area contributed by atoms with Gasteiger partial charge in [0.05, 0.1) is 29.9 Å². The molecule has 11 nitrogen and oxygen atoms in total. The maximum absolute atomic E-state index is 13.6. The van der Waals surface area contributed by atoms with E-state index in [1.807, 2.05) is 4.90 Å². The van der Waals surface area contributed by atoms with E-state index in [1.165, 1.54) is 16.4 Å². The van der Waals surface area contributed by atoms with Crippen molar-refractivity contribution in [3.63, 3.8) is 0 Å². The topological polar surface area (TPSA) is 142 Å². The summed E-state index contributed by atoms with van der Waals surface area (Å²) in [6.45, 7) is 2.26. The van der Waals surface area contributed by atoms with Crippen LogP contribution in [0.4, 0.5) is 11.4 Å². The first kappa shape index (κ1) is 24.8. The average molecular weight is 497 g/mol. The number of hydrogen-bond donors (Lipinski definition) is 2. The summed E-state index contributed by atoms with van der Waals surface area (Å²) in [7, 11) is -3.99. The van der Waals surface area contributed by atoms with Gasteiger partial charge in [-0.3, -0.25) is 14.9 Å². The van der Waals surface area contributed by atoms with Gasteiger partial charge in [-0.2, -0.15) is 4.31 Å². The van der Waals surface area contributed by atoms with Gasteiger partial charge in [-0.15, -0.1) is 0 Å². The lowest BCUT2D eigenvalue weighted by molar-refractivity contribution is -0.385. The minimum Gasteiger partial charge on any atom is -0.393 e. The summed E-state index contributed by atoms with van der Waals surface area (Å²) in [4.78, 5) is 25.3. The molecule has 0 unspecified atom stereocenters. The van der Waals surface area contributed by atoms with Crippen molar-refractivity contribution >= 4 is 27.3 Å². The number of hydrogen-bond acceptors (Lipinski definition) is 8. The number of nitrogens with one attached hydrogen (secondary N) is 1. The van der Waals surface area contributed by atoms with Crippen LogP contribution in [-0.2, 0) is 19.6 Å². The number of benzene rings is 1. The molecular formula is C22H32N4O7S. The number of morpholine rings is 1. The third-order valence-electron chi connectivity index (χ3n) is 6.99. The fraction of sp³-hybridized carbons (Fsp3) is 0.682. The van der Waals surface area contributed by atoms with E-state index in [0.29, 0.717) is 57.7 Å². The van der Waals surface area contributed by atoms with E-state index in [1.54, 1.807) is 0 Å². The molecule has 34 heavy (non-hydrogen) atoms. The first-order chi connectivity index (χ1) is 16.3. The number of non-ortho nitro benzene ring substituents is 1. The maximum Gasteiger partial charge on any atom is 0.270 e. The van der Waals surface area contributed by atoms with Crippen molar-refractivity contribution in [3.8, 4) is 0 Å². The predicted octanol–water partition coefficient (Wildman–Crippen LogP) is 1.25. The van der Waals surface area contributed by atoms with Crippen molar-refractivity contribution in [1.29, 1.82) is 0 Å². The number of anilines is 1. The number of nitro groups is 1. The maximum atomic E-state index is 13.6. The molecular weight excluding hydrogens is 464 g/mol. The number of amides is 1. The minimum absolute atomic E-state index is 0.0543. The number of aliphatic hydroxyl groups is 1. The van der Waals surface area contributed by atoms with Crippen LogP contribution in [0, 0.1) is 16.0 Å². The lowest BCUT2D eigenvalue weighted by atomic mass is 9.91. The molecule has 0 radical (unpaired) electrons. The molecule has 0 spiro atoms. The Balaban J connectivity index is 1.46. The van der Waals surface area contributed by atoms with E-state index in [9.17, 15) is 28.4 Å². The van der Waals surface area contributed by atoms with Crippen molar-refractivity contribution in [2.45, 2.75) is 55.6 Å². The standard InChI is InChI=1S/C22H32N4O7S/c27-19-4-1-17(2-5-19)23-22(28)16-7-9-25(10-8-16)34(31,32)21-15-18(26(29)30)3-6-20(21)24-11-13-33-14-12-24/h3,6,15-17,19,27H,1-2,4-5,7-14H2,(H,23,28). The van der Waals surface area contributed by atoms with Crippen LogP contribution in [0.1, 0.15) is 38.5 Å². The van der Waals surface area contributed by atoms with Gasteiger partial charge in [-0.05, 0) is 44.6 Å². The molecule has 1 amide bonds. The number of piperidine rings is 1. The van der Waals surface area contributed by atoms with Crippen LogP contribution in [0.5, 0.6) is 0 Å². The lowest BCUT2D eigenvalue weighted by Gasteiger charge is -2.34. The molecule has 2 saturated heterocycles. The van der Waals surface area contributed by atoms with Gasteiger partial charge in [0.15, 0.2) is 0 Å². The molecule has 4 rings (SSSR count). The number of carbonyl (C=O) groups is 1. The van der Waals surface area contributed by atoms with Gasteiger partial charge in [0.25, 0.3) is 5.69 Å². The summed E-state index contributed by atoms with van der Waals surface area (Å²) in [5, 5.41) is 24.0.